The average Bonchev–Trinajstić information content (AvgIpc) is 2.75. The van der Waals surface area contributed by atoms with Crippen molar-refractivity contribution in [3.8, 4) is 0 Å². The summed E-state index contributed by atoms with van der Waals surface area (Å²) in [4.78, 5) is 4.50. The van der Waals surface area contributed by atoms with Crippen molar-refractivity contribution in [1.29, 1.82) is 0 Å². The van der Waals surface area contributed by atoms with Crippen molar-refractivity contribution in [3.63, 3.8) is 0 Å². The number of benzene rings is 1. The lowest BCUT2D eigenvalue weighted by molar-refractivity contribution is 0.620. The van der Waals surface area contributed by atoms with Gasteiger partial charge in [0.05, 0.1) is 10.9 Å². The lowest BCUT2D eigenvalue weighted by atomic mass is 10.1. The van der Waals surface area contributed by atoms with Gasteiger partial charge in [-0.15, -0.1) is 11.8 Å². The van der Waals surface area contributed by atoms with Crippen molar-refractivity contribution < 1.29 is 0 Å². The summed E-state index contributed by atoms with van der Waals surface area (Å²) < 4.78 is 0. The number of pyridine rings is 1. The van der Waals surface area contributed by atoms with Crippen LogP contribution in [0.4, 0.5) is 0 Å². The first-order valence-corrected chi connectivity index (χ1v) is 6.61. The van der Waals surface area contributed by atoms with E-state index in [1.807, 2.05) is 24.0 Å². The minimum absolute atomic E-state index is 0.397. The van der Waals surface area contributed by atoms with Crippen molar-refractivity contribution in [2.24, 2.45) is 0 Å². The van der Waals surface area contributed by atoms with Crippen LogP contribution in [0.2, 0.25) is 0 Å². The molecular weight excluding hydrogens is 216 g/mol. The van der Waals surface area contributed by atoms with E-state index in [2.05, 4.69) is 41.5 Å². The smallest absolute Gasteiger partial charge is 0.0813 e. The number of fused-ring (bicyclic) bond motifs is 1. The van der Waals surface area contributed by atoms with Gasteiger partial charge in [0.25, 0.3) is 0 Å². The predicted octanol–water partition coefficient (Wildman–Crippen LogP) is 2.96. The highest BCUT2D eigenvalue weighted by Gasteiger charge is 2.23. The molecule has 16 heavy (non-hydrogen) atoms. The summed E-state index contributed by atoms with van der Waals surface area (Å²) >= 11 is 1.97. The van der Waals surface area contributed by atoms with E-state index in [0.717, 1.165) is 5.52 Å². The lowest BCUT2D eigenvalue weighted by Gasteiger charge is -2.13. The summed E-state index contributed by atoms with van der Waals surface area (Å²) in [5.41, 5.74) is 2.44. The van der Waals surface area contributed by atoms with E-state index in [0.29, 0.717) is 11.4 Å². The number of aromatic nitrogens is 1. The van der Waals surface area contributed by atoms with Crippen LogP contribution in [0.3, 0.4) is 0 Å². The summed E-state index contributed by atoms with van der Waals surface area (Å²) in [7, 11) is 0. The van der Waals surface area contributed by atoms with Crippen molar-refractivity contribution in [2.75, 3.05) is 5.75 Å². The number of hydrogen-bond acceptors (Lipinski definition) is 3. The molecule has 0 amide bonds. The monoisotopic (exact) mass is 230 g/mol. The molecule has 2 aromatic rings. The van der Waals surface area contributed by atoms with E-state index in [-0.39, 0.29) is 0 Å². The van der Waals surface area contributed by atoms with E-state index in [4.69, 9.17) is 0 Å². The van der Waals surface area contributed by atoms with Gasteiger partial charge >= 0.3 is 0 Å². The molecule has 1 fully saturated rings. The summed E-state index contributed by atoms with van der Waals surface area (Å²) in [6.07, 6.45) is 1.87. The van der Waals surface area contributed by atoms with Crippen LogP contribution in [0.25, 0.3) is 10.9 Å². The van der Waals surface area contributed by atoms with Crippen LogP contribution >= 0.6 is 11.8 Å². The van der Waals surface area contributed by atoms with E-state index < -0.39 is 0 Å². The molecule has 0 aliphatic carbocycles. The molecule has 3 heteroatoms. The highest BCUT2D eigenvalue weighted by Crippen LogP contribution is 2.35. The first-order valence-electron chi connectivity index (χ1n) is 5.56. The maximum atomic E-state index is 4.50. The molecule has 0 radical (unpaired) electrons. The highest BCUT2D eigenvalue weighted by atomic mass is 32.2. The molecule has 0 bridgehead atoms. The van der Waals surface area contributed by atoms with Crippen LogP contribution in [0, 0.1) is 0 Å². The molecule has 1 aromatic heterocycles. The van der Waals surface area contributed by atoms with Gasteiger partial charge in [-0.25, -0.2) is 0 Å². The Hall–Kier alpha value is -1.06. The number of nitrogens with one attached hydrogen (secondary N) is 1. The van der Waals surface area contributed by atoms with Crippen molar-refractivity contribution in [3.05, 3.63) is 42.1 Å². The minimum Gasteiger partial charge on any atom is -0.298 e. The first kappa shape index (κ1) is 10.1. The van der Waals surface area contributed by atoms with Crippen LogP contribution in [-0.4, -0.2) is 16.8 Å². The number of thioether (sulfide) groups is 1. The van der Waals surface area contributed by atoms with Crippen molar-refractivity contribution >= 4 is 22.7 Å². The van der Waals surface area contributed by atoms with Gasteiger partial charge in [-0.2, -0.15) is 0 Å². The van der Waals surface area contributed by atoms with Crippen molar-refractivity contribution in [2.45, 2.75) is 18.3 Å². The summed E-state index contributed by atoms with van der Waals surface area (Å²) in [6, 6.07) is 11.1. The zero-order chi connectivity index (χ0) is 11.0. The summed E-state index contributed by atoms with van der Waals surface area (Å²) in [5, 5.41) is 5.21. The zero-order valence-electron chi connectivity index (χ0n) is 9.18. The topological polar surface area (TPSA) is 24.9 Å². The van der Waals surface area contributed by atoms with Gasteiger partial charge in [-0.1, -0.05) is 24.3 Å². The Morgan fingerprint density at radius 3 is 3.00 bits per heavy atom. The molecule has 1 aliphatic heterocycles. The zero-order valence-corrected chi connectivity index (χ0v) is 10.00. The maximum absolute atomic E-state index is 4.50. The van der Waals surface area contributed by atoms with Gasteiger partial charge in [-0.05, 0) is 13.0 Å². The molecular formula is C13H14N2S. The quantitative estimate of drug-likeness (QED) is 0.815. The molecule has 1 aliphatic rings. The average molecular weight is 230 g/mol. The standard InChI is InChI=1S/C13H14N2S/c1-9-8-16-13(15-9)11-6-2-4-10-5-3-7-14-12(10)11/h2-7,9,13,15H,8H2,1H3. The van der Waals surface area contributed by atoms with Gasteiger partial charge < -0.3 is 0 Å². The Morgan fingerprint density at radius 1 is 1.31 bits per heavy atom. The Morgan fingerprint density at radius 2 is 2.19 bits per heavy atom. The highest BCUT2D eigenvalue weighted by molar-refractivity contribution is 7.99. The molecule has 2 heterocycles. The Bertz CT molecular complexity index is 507. The normalized spacial score (nSPS) is 25.1. The molecule has 0 spiro atoms. The second-order valence-electron chi connectivity index (χ2n) is 4.20. The Balaban J connectivity index is 2.09. The van der Waals surface area contributed by atoms with Crippen LogP contribution in [0.5, 0.6) is 0 Å². The van der Waals surface area contributed by atoms with Crippen LogP contribution in [0.1, 0.15) is 17.9 Å². The molecule has 1 N–H and O–H groups in total. The number of rotatable bonds is 1. The largest absolute Gasteiger partial charge is 0.298 e. The fraction of sp³-hybridized carbons (Fsp3) is 0.308. The van der Waals surface area contributed by atoms with Gasteiger partial charge in [0.2, 0.25) is 0 Å². The third-order valence-electron chi connectivity index (χ3n) is 2.90. The molecule has 2 unspecified atom stereocenters. The molecule has 2 nitrogen and oxygen atoms in total. The van der Waals surface area contributed by atoms with E-state index >= 15 is 0 Å². The molecule has 2 atom stereocenters. The summed E-state index contributed by atoms with van der Waals surface area (Å²) in [5.74, 6) is 1.17. The van der Waals surface area contributed by atoms with Crippen LogP contribution < -0.4 is 5.32 Å². The molecule has 82 valence electrons. The van der Waals surface area contributed by atoms with Gasteiger partial charge in [0.1, 0.15) is 0 Å². The molecule has 3 rings (SSSR count). The lowest BCUT2D eigenvalue weighted by Crippen LogP contribution is -2.22. The third-order valence-corrected chi connectivity index (χ3v) is 4.31. The fourth-order valence-corrected chi connectivity index (χ4v) is 3.39. The van der Waals surface area contributed by atoms with Gasteiger partial charge in [-0.3, -0.25) is 10.3 Å². The van der Waals surface area contributed by atoms with E-state index in [1.165, 1.54) is 16.7 Å². The van der Waals surface area contributed by atoms with Crippen molar-refractivity contribution in [1.82, 2.24) is 10.3 Å². The number of para-hydroxylation sites is 1. The Labute approximate surface area is 99.5 Å². The predicted molar refractivity (Wildman–Crippen MR) is 69.5 cm³/mol. The van der Waals surface area contributed by atoms with E-state index in [9.17, 15) is 0 Å². The maximum Gasteiger partial charge on any atom is 0.0813 e. The second kappa shape index (κ2) is 4.07. The van der Waals surface area contributed by atoms with Crippen LogP contribution in [0.15, 0.2) is 36.5 Å². The van der Waals surface area contributed by atoms with Gasteiger partial charge in [0.15, 0.2) is 0 Å². The van der Waals surface area contributed by atoms with Crippen LogP contribution in [-0.2, 0) is 0 Å². The first-order chi connectivity index (χ1) is 7.84. The van der Waals surface area contributed by atoms with Gasteiger partial charge in [0, 0.05) is 28.9 Å². The molecule has 0 saturated carbocycles. The summed E-state index contributed by atoms with van der Waals surface area (Å²) in [6.45, 7) is 2.23. The number of hydrogen-bond donors (Lipinski definition) is 1. The molecule has 1 saturated heterocycles. The Kier molecular flexibility index (Phi) is 2.58. The molecule has 1 aromatic carbocycles. The fourth-order valence-electron chi connectivity index (χ4n) is 2.11. The van der Waals surface area contributed by atoms with E-state index in [1.54, 1.807) is 0 Å². The number of nitrogens with zero attached hydrogens (tertiary/aromatic N) is 1. The SMILES string of the molecule is CC1CSC(c2cccc3cccnc23)N1. The second-order valence-corrected chi connectivity index (χ2v) is 5.34. The third kappa shape index (κ3) is 1.70. The minimum atomic E-state index is 0.397.